The van der Waals surface area contributed by atoms with Crippen molar-refractivity contribution in [3.05, 3.63) is 11.1 Å². The molecule has 0 fully saturated rings. The number of carbonyl (C=O) groups excluding carboxylic acids is 1. The predicted molar refractivity (Wildman–Crippen MR) is 49.0 cm³/mol. The van der Waals surface area contributed by atoms with E-state index in [4.69, 9.17) is 5.11 Å². The molecule has 1 aromatic rings. The first kappa shape index (κ1) is 12.8. The molecule has 1 amide bonds. The molecule has 0 aromatic carbocycles. The fraction of sp³-hybridized carbons (Fsp3) is 0.571. The topological polar surface area (TPSA) is 66.3 Å². The van der Waals surface area contributed by atoms with Crippen molar-refractivity contribution in [1.29, 1.82) is 0 Å². The molecule has 0 aliphatic rings. The Hall–Kier alpha value is -1.22. The summed E-state index contributed by atoms with van der Waals surface area (Å²) in [6.45, 7) is -2.31. The van der Waals surface area contributed by atoms with Crippen molar-refractivity contribution in [2.45, 2.75) is 6.18 Å². The van der Waals surface area contributed by atoms with Crippen LogP contribution in [0, 0.1) is 0 Å². The lowest BCUT2D eigenvalue weighted by Crippen LogP contribution is -2.40. The first-order valence-corrected chi connectivity index (χ1v) is 4.95. The van der Waals surface area contributed by atoms with E-state index in [1.165, 1.54) is 0 Å². The van der Waals surface area contributed by atoms with E-state index >= 15 is 0 Å². The number of aliphatic hydroxyl groups excluding tert-OH is 1. The van der Waals surface area contributed by atoms with Crippen LogP contribution in [0.4, 0.5) is 13.2 Å². The van der Waals surface area contributed by atoms with Crippen LogP contribution in [0.25, 0.3) is 0 Å². The maximum atomic E-state index is 12.1. The fourth-order valence-electron chi connectivity index (χ4n) is 1.01. The lowest BCUT2D eigenvalue weighted by atomic mass is 10.4. The van der Waals surface area contributed by atoms with Gasteiger partial charge in [0, 0.05) is 6.54 Å². The summed E-state index contributed by atoms with van der Waals surface area (Å²) >= 11 is 0.710. The summed E-state index contributed by atoms with van der Waals surface area (Å²) in [5, 5.41) is 12.0. The van der Waals surface area contributed by atoms with Crippen LogP contribution in [-0.4, -0.2) is 51.4 Å². The Labute approximate surface area is 92.7 Å². The van der Waals surface area contributed by atoms with Crippen molar-refractivity contribution in [3.8, 4) is 0 Å². The molecule has 0 radical (unpaired) electrons. The molecular formula is C7H8F3N3O2S. The lowest BCUT2D eigenvalue weighted by molar-refractivity contribution is -0.141. The number of nitrogens with zero attached hydrogens (tertiary/aromatic N) is 3. The smallest absolute Gasteiger partial charge is 0.395 e. The number of hydrogen-bond donors (Lipinski definition) is 1. The molecule has 0 unspecified atom stereocenters. The van der Waals surface area contributed by atoms with Gasteiger partial charge in [-0.2, -0.15) is 13.2 Å². The first-order valence-electron chi connectivity index (χ1n) is 4.18. The van der Waals surface area contributed by atoms with E-state index in [1.54, 1.807) is 0 Å². The SMILES string of the molecule is O=C(c1cnns1)N(CCO)CC(F)(F)F. The Morgan fingerprint density at radius 2 is 2.25 bits per heavy atom. The minimum atomic E-state index is -4.50. The molecule has 1 N–H and O–H groups in total. The summed E-state index contributed by atoms with van der Waals surface area (Å²) in [6.07, 6.45) is -3.41. The molecule has 90 valence electrons. The van der Waals surface area contributed by atoms with Crippen LogP contribution in [-0.2, 0) is 0 Å². The lowest BCUT2D eigenvalue weighted by Gasteiger charge is -2.21. The van der Waals surface area contributed by atoms with Crippen molar-refractivity contribution in [2.24, 2.45) is 0 Å². The van der Waals surface area contributed by atoms with Crippen LogP contribution < -0.4 is 0 Å². The molecule has 0 saturated carbocycles. The van der Waals surface area contributed by atoms with Crippen LogP contribution in [0.1, 0.15) is 9.67 Å². The molecule has 16 heavy (non-hydrogen) atoms. The minimum absolute atomic E-state index is 0.0118. The zero-order valence-corrected chi connectivity index (χ0v) is 8.75. The van der Waals surface area contributed by atoms with Gasteiger partial charge in [0.2, 0.25) is 0 Å². The monoisotopic (exact) mass is 255 g/mol. The molecule has 5 nitrogen and oxygen atoms in total. The van der Waals surface area contributed by atoms with Gasteiger partial charge in [-0.25, -0.2) is 0 Å². The van der Waals surface area contributed by atoms with Crippen molar-refractivity contribution >= 4 is 17.4 Å². The number of aliphatic hydroxyl groups is 1. The second-order valence-electron chi connectivity index (χ2n) is 2.85. The van der Waals surface area contributed by atoms with E-state index in [1.807, 2.05) is 0 Å². The van der Waals surface area contributed by atoms with Gasteiger partial charge in [-0.05, 0) is 11.5 Å². The van der Waals surface area contributed by atoms with E-state index < -0.39 is 25.2 Å². The van der Waals surface area contributed by atoms with Gasteiger partial charge in [0.1, 0.15) is 11.4 Å². The summed E-state index contributed by atoms with van der Waals surface area (Å²) < 4.78 is 39.8. The molecule has 1 heterocycles. The van der Waals surface area contributed by atoms with Gasteiger partial charge < -0.3 is 10.0 Å². The van der Waals surface area contributed by atoms with Gasteiger partial charge in [-0.15, -0.1) is 5.10 Å². The summed E-state index contributed by atoms with van der Waals surface area (Å²) in [4.78, 5) is 12.0. The summed E-state index contributed by atoms with van der Waals surface area (Å²) in [6, 6.07) is 0. The highest BCUT2D eigenvalue weighted by atomic mass is 32.1. The Balaban J connectivity index is 2.74. The van der Waals surface area contributed by atoms with Crippen LogP contribution in [0.15, 0.2) is 6.20 Å². The van der Waals surface area contributed by atoms with Gasteiger partial charge in [0.05, 0.1) is 12.8 Å². The molecule has 9 heteroatoms. The number of rotatable bonds is 4. The largest absolute Gasteiger partial charge is 0.406 e. The van der Waals surface area contributed by atoms with Crippen molar-refractivity contribution in [3.63, 3.8) is 0 Å². The summed E-state index contributed by atoms with van der Waals surface area (Å²) in [5.41, 5.74) is 0. The number of amides is 1. The van der Waals surface area contributed by atoms with Crippen LogP contribution in [0.3, 0.4) is 0 Å². The average molecular weight is 255 g/mol. The highest BCUT2D eigenvalue weighted by molar-refractivity contribution is 7.07. The molecule has 0 aliphatic heterocycles. The summed E-state index contributed by atoms with van der Waals surface area (Å²) in [7, 11) is 0. The predicted octanol–water partition coefficient (Wildman–Crippen LogP) is 0.535. The third kappa shape index (κ3) is 3.74. The number of alkyl halides is 3. The van der Waals surface area contributed by atoms with Gasteiger partial charge >= 0.3 is 6.18 Å². The molecule has 0 spiro atoms. The molecular weight excluding hydrogens is 247 g/mol. The summed E-state index contributed by atoms with van der Waals surface area (Å²) in [5.74, 6) is -0.832. The zero-order valence-electron chi connectivity index (χ0n) is 7.94. The van der Waals surface area contributed by atoms with Gasteiger partial charge in [0.15, 0.2) is 0 Å². The van der Waals surface area contributed by atoms with Gasteiger partial charge in [0.25, 0.3) is 5.91 Å². The molecule has 0 aliphatic carbocycles. The van der Waals surface area contributed by atoms with Gasteiger partial charge in [-0.1, -0.05) is 4.49 Å². The van der Waals surface area contributed by atoms with E-state index in [0.717, 1.165) is 6.20 Å². The Bertz CT molecular complexity index is 341. The van der Waals surface area contributed by atoms with Gasteiger partial charge in [-0.3, -0.25) is 4.79 Å². The second-order valence-corrected chi connectivity index (χ2v) is 3.63. The van der Waals surface area contributed by atoms with Crippen molar-refractivity contribution in [1.82, 2.24) is 14.5 Å². The fourth-order valence-corrected chi connectivity index (χ4v) is 1.49. The second kappa shape index (κ2) is 5.21. The maximum Gasteiger partial charge on any atom is 0.406 e. The minimum Gasteiger partial charge on any atom is -0.395 e. The highest BCUT2D eigenvalue weighted by Crippen LogP contribution is 2.18. The number of carbonyl (C=O) groups is 1. The van der Waals surface area contributed by atoms with E-state index in [-0.39, 0.29) is 11.4 Å². The van der Waals surface area contributed by atoms with Crippen LogP contribution in [0.2, 0.25) is 0 Å². The van der Waals surface area contributed by atoms with Crippen LogP contribution >= 0.6 is 11.5 Å². The molecule has 1 aromatic heterocycles. The third-order valence-corrected chi connectivity index (χ3v) is 2.25. The first-order chi connectivity index (χ1) is 7.44. The Morgan fingerprint density at radius 1 is 1.56 bits per heavy atom. The van der Waals surface area contributed by atoms with E-state index in [0.29, 0.717) is 16.4 Å². The van der Waals surface area contributed by atoms with E-state index in [2.05, 4.69) is 9.59 Å². The Morgan fingerprint density at radius 3 is 2.69 bits per heavy atom. The number of aromatic nitrogens is 2. The molecule has 0 bridgehead atoms. The molecule has 0 atom stereocenters. The molecule has 0 saturated heterocycles. The maximum absolute atomic E-state index is 12.1. The number of hydrogen-bond acceptors (Lipinski definition) is 5. The highest BCUT2D eigenvalue weighted by Gasteiger charge is 2.33. The molecule has 1 rings (SSSR count). The standard InChI is InChI=1S/C7H8F3N3O2S/c8-7(9,10)4-13(1-2-14)6(15)5-3-11-12-16-5/h3,14H,1-2,4H2. The average Bonchev–Trinajstić information content (AvgIpc) is 2.66. The zero-order chi connectivity index (χ0) is 12.2. The third-order valence-electron chi connectivity index (χ3n) is 1.60. The van der Waals surface area contributed by atoms with Crippen molar-refractivity contribution < 1.29 is 23.1 Å². The van der Waals surface area contributed by atoms with E-state index in [9.17, 15) is 18.0 Å². The number of halogens is 3. The van der Waals surface area contributed by atoms with Crippen LogP contribution in [0.5, 0.6) is 0 Å². The Kier molecular flexibility index (Phi) is 4.19. The van der Waals surface area contributed by atoms with Crippen molar-refractivity contribution in [2.75, 3.05) is 19.7 Å². The quantitative estimate of drug-likeness (QED) is 0.852. The normalized spacial score (nSPS) is 11.5.